The smallest absolute Gasteiger partial charge is 0.244 e. The van der Waals surface area contributed by atoms with Gasteiger partial charge in [0.05, 0.1) is 11.2 Å². The molecular formula is C24H23FN4OS. The first-order valence-electron chi connectivity index (χ1n) is 9.96. The molecule has 4 N–H and O–H groups in total. The van der Waals surface area contributed by atoms with E-state index < -0.39 is 0 Å². The number of hydrogen-bond acceptors (Lipinski definition) is 4. The molecule has 0 atom stereocenters. The second kappa shape index (κ2) is 8.73. The highest BCUT2D eigenvalue weighted by molar-refractivity contribution is 7.13. The number of carbonyl (C=O) groups excluding carboxylic acids is 1. The molecule has 4 aromatic rings. The Morgan fingerprint density at radius 3 is 2.71 bits per heavy atom. The molecule has 4 rings (SSSR count). The molecule has 0 saturated carbocycles. The zero-order valence-corrected chi connectivity index (χ0v) is 18.1. The monoisotopic (exact) mass is 434 g/mol. The van der Waals surface area contributed by atoms with Crippen LogP contribution in [0.5, 0.6) is 0 Å². The number of benzene rings is 2. The van der Waals surface area contributed by atoms with Crippen molar-refractivity contribution >= 4 is 39.4 Å². The van der Waals surface area contributed by atoms with Gasteiger partial charge >= 0.3 is 0 Å². The Hall–Kier alpha value is -3.45. The summed E-state index contributed by atoms with van der Waals surface area (Å²) >= 11 is 1.41. The van der Waals surface area contributed by atoms with Crippen LogP contribution in [-0.2, 0) is 11.2 Å². The molecule has 0 bridgehead atoms. The van der Waals surface area contributed by atoms with Gasteiger partial charge in [-0.25, -0.2) is 9.37 Å². The summed E-state index contributed by atoms with van der Waals surface area (Å²) in [5, 5.41) is 6.26. The highest BCUT2D eigenvalue weighted by atomic mass is 32.1. The molecule has 0 aliphatic carbocycles. The summed E-state index contributed by atoms with van der Waals surface area (Å²) in [5.74, 6) is -0.428. The van der Waals surface area contributed by atoms with Crippen LogP contribution < -0.4 is 11.1 Å². The molecule has 0 unspecified atom stereocenters. The molecule has 7 heteroatoms. The normalized spacial score (nSPS) is 11.5. The number of nitrogens with zero attached hydrogens (tertiary/aromatic N) is 1. The van der Waals surface area contributed by atoms with Crippen LogP contribution in [-0.4, -0.2) is 22.4 Å². The number of anilines is 1. The van der Waals surface area contributed by atoms with E-state index in [2.05, 4.69) is 15.3 Å². The zero-order chi connectivity index (χ0) is 22.0. The number of aromatic amines is 1. The van der Waals surface area contributed by atoms with Gasteiger partial charge in [-0.15, -0.1) is 11.3 Å². The van der Waals surface area contributed by atoms with Crippen LogP contribution in [0.15, 0.2) is 47.9 Å². The van der Waals surface area contributed by atoms with Crippen molar-refractivity contribution in [3.63, 3.8) is 0 Å². The van der Waals surface area contributed by atoms with Crippen molar-refractivity contribution in [3.8, 4) is 11.3 Å². The van der Waals surface area contributed by atoms with E-state index in [1.165, 1.54) is 23.5 Å². The van der Waals surface area contributed by atoms with Crippen LogP contribution >= 0.6 is 11.3 Å². The summed E-state index contributed by atoms with van der Waals surface area (Å²) in [5.41, 5.74) is 11.9. The molecule has 0 fully saturated rings. The third kappa shape index (κ3) is 4.51. The highest BCUT2D eigenvalue weighted by Gasteiger charge is 2.13. The lowest BCUT2D eigenvalue weighted by molar-refractivity contribution is -0.116. The Kier molecular flexibility index (Phi) is 5.86. The number of amides is 1. The van der Waals surface area contributed by atoms with Gasteiger partial charge in [0, 0.05) is 34.6 Å². The standard InChI is InChI=1S/C24H23FN4OS/c1-14-3-9-19(25)23-22(14)18(15(2)28-23)11-12-27-21(30)10-6-16-4-7-17(8-5-16)20-13-31-24(26)29-20/h3-10,13,28H,11-12H2,1-2H3,(H2,26,29)(H,27,30)/b10-6+. The molecule has 0 spiro atoms. The van der Waals surface area contributed by atoms with Crippen molar-refractivity contribution in [2.75, 3.05) is 12.3 Å². The van der Waals surface area contributed by atoms with E-state index in [0.717, 1.165) is 39.0 Å². The summed E-state index contributed by atoms with van der Waals surface area (Å²) in [6, 6.07) is 11.0. The first-order chi connectivity index (χ1) is 14.9. The van der Waals surface area contributed by atoms with Gasteiger partial charge in [-0.3, -0.25) is 4.79 Å². The highest BCUT2D eigenvalue weighted by Crippen LogP contribution is 2.28. The van der Waals surface area contributed by atoms with Gasteiger partial charge < -0.3 is 16.0 Å². The fourth-order valence-corrected chi connectivity index (χ4v) is 4.25. The third-order valence-corrected chi connectivity index (χ3v) is 5.93. The van der Waals surface area contributed by atoms with Gasteiger partial charge in [-0.05, 0) is 49.1 Å². The Bertz CT molecular complexity index is 1270. The van der Waals surface area contributed by atoms with E-state index in [0.29, 0.717) is 23.6 Å². The van der Waals surface area contributed by atoms with Crippen LogP contribution in [0.3, 0.4) is 0 Å². The maximum Gasteiger partial charge on any atom is 0.244 e. The number of carbonyl (C=O) groups is 1. The van der Waals surface area contributed by atoms with Crippen molar-refractivity contribution in [1.29, 1.82) is 0 Å². The maximum absolute atomic E-state index is 14.1. The minimum absolute atomic E-state index is 0.170. The van der Waals surface area contributed by atoms with E-state index in [-0.39, 0.29) is 11.7 Å². The Morgan fingerprint density at radius 1 is 1.23 bits per heavy atom. The number of aromatic nitrogens is 2. The molecule has 0 radical (unpaired) electrons. The lowest BCUT2D eigenvalue weighted by atomic mass is 10.0. The van der Waals surface area contributed by atoms with Crippen LogP contribution in [0.4, 0.5) is 9.52 Å². The molecule has 2 aromatic carbocycles. The predicted octanol–water partition coefficient (Wildman–Crippen LogP) is 5.00. The molecule has 0 saturated heterocycles. The molecule has 158 valence electrons. The number of halogens is 1. The molecule has 2 aromatic heterocycles. The van der Waals surface area contributed by atoms with Crippen molar-refractivity contribution in [2.24, 2.45) is 0 Å². The Morgan fingerprint density at radius 2 is 2.00 bits per heavy atom. The minimum Gasteiger partial charge on any atom is -0.375 e. The average Bonchev–Trinajstić information content (AvgIpc) is 3.34. The van der Waals surface area contributed by atoms with E-state index >= 15 is 0 Å². The summed E-state index contributed by atoms with van der Waals surface area (Å²) < 4.78 is 14.1. The second-order valence-corrected chi connectivity index (χ2v) is 8.30. The summed E-state index contributed by atoms with van der Waals surface area (Å²) in [7, 11) is 0. The number of hydrogen-bond donors (Lipinski definition) is 3. The van der Waals surface area contributed by atoms with Gasteiger partial charge in [0.25, 0.3) is 0 Å². The van der Waals surface area contributed by atoms with Gasteiger partial charge in [-0.1, -0.05) is 30.3 Å². The van der Waals surface area contributed by atoms with Gasteiger partial charge in [0.2, 0.25) is 5.91 Å². The van der Waals surface area contributed by atoms with Crippen molar-refractivity contribution in [2.45, 2.75) is 20.3 Å². The summed E-state index contributed by atoms with van der Waals surface area (Å²) in [4.78, 5) is 19.6. The van der Waals surface area contributed by atoms with Crippen molar-refractivity contribution < 1.29 is 9.18 Å². The SMILES string of the molecule is Cc1[nH]c2c(F)ccc(C)c2c1CCNC(=O)/C=C/c1ccc(-c2csc(N)n2)cc1. The van der Waals surface area contributed by atoms with Crippen molar-refractivity contribution in [3.05, 3.63) is 76.1 Å². The fourth-order valence-electron chi connectivity index (χ4n) is 3.68. The first-order valence-corrected chi connectivity index (χ1v) is 10.8. The lowest BCUT2D eigenvalue weighted by Crippen LogP contribution is -2.23. The minimum atomic E-state index is -0.258. The molecule has 0 aliphatic rings. The number of fused-ring (bicyclic) bond motifs is 1. The number of H-pyrrole nitrogens is 1. The van der Waals surface area contributed by atoms with E-state index in [1.54, 1.807) is 12.1 Å². The number of nitrogen functional groups attached to an aromatic ring is 1. The summed E-state index contributed by atoms with van der Waals surface area (Å²) in [6.07, 6.45) is 3.91. The number of nitrogens with two attached hydrogens (primary N) is 1. The third-order valence-electron chi connectivity index (χ3n) is 5.26. The quantitative estimate of drug-likeness (QED) is 0.373. The predicted molar refractivity (Wildman–Crippen MR) is 125 cm³/mol. The van der Waals surface area contributed by atoms with Crippen molar-refractivity contribution in [1.82, 2.24) is 15.3 Å². The molecule has 1 amide bonds. The Labute approximate surface area is 183 Å². The largest absolute Gasteiger partial charge is 0.375 e. The molecule has 0 aliphatic heterocycles. The van der Waals surface area contributed by atoms with E-state index in [9.17, 15) is 9.18 Å². The van der Waals surface area contributed by atoms with E-state index in [4.69, 9.17) is 5.73 Å². The lowest BCUT2D eigenvalue weighted by Gasteiger charge is -2.05. The number of rotatable bonds is 6. The molecule has 5 nitrogen and oxygen atoms in total. The van der Waals surface area contributed by atoms with Crippen LogP contribution in [0.2, 0.25) is 0 Å². The van der Waals surface area contributed by atoms with Crippen LogP contribution in [0, 0.1) is 19.7 Å². The maximum atomic E-state index is 14.1. The molecule has 2 heterocycles. The zero-order valence-electron chi connectivity index (χ0n) is 17.3. The topological polar surface area (TPSA) is 83.8 Å². The number of nitrogens with one attached hydrogen (secondary N) is 2. The number of aryl methyl sites for hydroxylation is 2. The summed E-state index contributed by atoms with van der Waals surface area (Å²) in [6.45, 7) is 4.37. The van der Waals surface area contributed by atoms with E-state index in [1.807, 2.05) is 43.5 Å². The van der Waals surface area contributed by atoms with Crippen LogP contribution in [0.1, 0.15) is 22.4 Å². The fraction of sp³-hybridized carbons (Fsp3) is 0.167. The second-order valence-electron chi connectivity index (χ2n) is 7.41. The Balaban J connectivity index is 1.36. The first kappa shape index (κ1) is 20.8. The average molecular weight is 435 g/mol. The number of thiazole rings is 1. The molecular weight excluding hydrogens is 411 g/mol. The van der Waals surface area contributed by atoms with Crippen LogP contribution in [0.25, 0.3) is 28.2 Å². The molecule has 31 heavy (non-hydrogen) atoms. The van der Waals surface area contributed by atoms with Gasteiger partial charge in [0.1, 0.15) is 5.82 Å². The van der Waals surface area contributed by atoms with Gasteiger partial charge in [0.15, 0.2) is 5.13 Å². The van der Waals surface area contributed by atoms with Gasteiger partial charge in [-0.2, -0.15) is 0 Å².